The van der Waals surface area contributed by atoms with E-state index >= 15 is 0 Å². The summed E-state index contributed by atoms with van der Waals surface area (Å²) in [6.45, 7) is 3.69. The van der Waals surface area contributed by atoms with E-state index in [1.54, 1.807) is 36.4 Å². The van der Waals surface area contributed by atoms with Gasteiger partial charge in [0.05, 0.1) is 5.56 Å². The van der Waals surface area contributed by atoms with Crippen LogP contribution in [0.1, 0.15) is 21.5 Å². The topological polar surface area (TPSA) is 60.9 Å². The Hall–Kier alpha value is -2.63. The summed E-state index contributed by atoms with van der Waals surface area (Å²) in [4.78, 5) is 27.4. The van der Waals surface area contributed by atoms with Crippen molar-refractivity contribution in [3.05, 3.63) is 76.3 Å². The van der Waals surface area contributed by atoms with Crippen LogP contribution in [0.4, 0.5) is 0 Å². The summed E-state index contributed by atoms with van der Waals surface area (Å²) in [7, 11) is 0. The van der Waals surface area contributed by atoms with Gasteiger partial charge < -0.3 is 10.0 Å². The predicted molar refractivity (Wildman–Crippen MR) is 106 cm³/mol. The Kier molecular flexibility index (Phi) is 6.27. The van der Waals surface area contributed by atoms with Crippen molar-refractivity contribution in [2.45, 2.75) is 6.54 Å². The Morgan fingerprint density at radius 2 is 1.59 bits per heavy atom. The van der Waals surface area contributed by atoms with Crippen LogP contribution >= 0.6 is 11.6 Å². The number of carboxylic acid groups (broad SMARTS) is 1. The zero-order chi connectivity index (χ0) is 19.2. The van der Waals surface area contributed by atoms with Crippen LogP contribution in [0, 0.1) is 0 Å². The maximum Gasteiger partial charge on any atom is 0.335 e. The summed E-state index contributed by atoms with van der Waals surface area (Å²) in [5.74, 6) is -0.907. The van der Waals surface area contributed by atoms with Crippen molar-refractivity contribution in [3.8, 4) is 0 Å². The summed E-state index contributed by atoms with van der Waals surface area (Å²) >= 11 is 5.86. The molecule has 1 aliphatic rings. The van der Waals surface area contributed by atoms with E-state index in [2.05, 4.69) is 4.90 Å². The van der Waals surface area contributed by atoms with Crippen molar-refractivity contribution in [1.82, 2.24) is 9.80 Å². The van der Waals surface area contributed by atoms with Crippen molar-refractivity contribution in [3.63, 3.8) is 0 Å². The van der Waals surface area contributed by atoms with Gasteiger partial charge in [-0.05, 0) is 41.5 Å². The second kappa shape index (κ2) is 8.84. The third-order valence-electron chi connectivity index (χ3n) is 4.58. The molecule has 1 aliphatic heterocycles. The van der Waals surface area contributed by atoms with Crippen LogP contribution in [0.15, 0.2) is 54.6 Å². The molecule has 0 aliphatic carbocycles. The molecule has 140 valence electrons. The molecule has 2 aromatic rings. The van der Waals surface area contributed by atoms with Gasteiger partial charge in [-0.3, -0.25) is 9.69 Å². The number of carboxylic acids is 1. The minimum Gasteiger partial charge on any atom is -0.478 e. The molecule has 1 fully saturated rings. The molecule has 5 nitrogen and oxygen atoms in total. The molecule has 3 rings (SSSR count). The molecule has 1 amide bonds. The highest BCUT2D eigenvalue weighted by molar-refractivity contribution is 6.30. The second-order valence-corrected chi connectivity index (χ2v) is 6.92. The fourth-order valence-corrected chi connectivity index (χ4v) is 3.11. The number of amides is 1. The fourth-order valence-electron chi connectivity index (χ4n) is 2.98. The lowest BCUT2D eigenvalue weighted by molar-refractivity contribution is -0.127. The molecule has 0 radical (unpaired) electrons. The lowest BCUT2D eigenvalue weighted by Crippen LogP contribution is -2.47. The van der Waals surface area contributed by atoms with E-state index < -0.39 is 5.97 Å². The molecule has 1 heterocycles. The van der Waals surface area contributed by atoms with Crippen molar-refractivity contribution in [2.24, 2.45) is 0 Å². The van der Waals surface area contributed by atoms with Crippen LogP contribution in [0.2, 0.25) is 5.02 Å². The van der Waals surface area contributed by atoms with E-state index in [1.165, 1.54) is 0 Å². The number of halogens is 1. The highest BCUT2D eigenvalue weighted by atomic mass is 35.5. The minimum atomic E-state index is -0.916. The van der Waals surface area contributed by atoms with Crippen LogP contribution in [-0.4, -0.2) is 53.0 Å². The van der Waals surface area contributed by atoms with Gasteiger partial charge in [-0.25, -0.2) is 4.79 Å². The average molecular weight is 385 g/mol. The normalized spacial score (nSPS) is 15.2. The van der Waals surface area contributed by atoms with E-state index in [4.69, 9.17) is 16.7 Å². The minimum absolute atomic E-state index is 0.00964. The molecule has 27 heavy (non-hydrogen) atoms. The number of benzene rings is 2. The first kappa shape index (κ1) is 19.1. The van der Waals surface area contributed by atoms with Gasteiger partial charge in [-0.15, -0.1) is 0 Å². The number of carbonyl (C=O) groups excluding carboxylic acids is 1. The quantitative estimate of drug-likeness (QED) is 0.802. The van der Waals surface area contributed by atoms with Crippen LogP contribution in [0.5, 0.6) is 0 Å². The molecule has 1 saturated heterocycles. The highest BCUT2D eigenvalue weighted by Gasteiger charge is 2.19. The van der Waals surface area contributed by atoms with Gasteiger partial charge in [-0.1, -0.05) is 35.9 Å². The molecule has 0 atom stereocenters. The number of piperazine rings is 1. The van der Waals surface area contributed by atoms with E-state index in [-0.39, 0.29) is 5.91 Å². The summed E-state index contributed by atoms with van der Waals surface area (Å²) in [5.41, 5.74) is 2.31. The monoisotopic (exact) mass is 384 g/mol. The molecule has 6 heteroatoms. The molecule has 0 unspecified atom stereocenters. The van der Waals surface area contributed by atoms with E-state index in [0.717, 1.165) is 30.8 Å². The fraction of sp³-hybridized carbons (Fsp3) is 0.238. The zero-order valence-corrected chi connectivity index (χ0v) is 15.6. The molecule has 0 saturated carbocycles. The van der Waals surface area contributed by atoms with Crippen molar-refractivity contribution in [1.29, 1.82) is 0 Å². The predicted octanol–water partition coefficient (Wildman–Crippen LogP) is 3.40. The molecule has 0 spiro atoms. The molecule has 2 aromatic carbocycles. The van der Waals surface area contributed by atoms with Gasteiger partial charge in [-0.2, -0.15) is 0 Å². The van der Waals surface area contributed by atoms with E-state index in [0.29, 0.717) is 23.7 Å². The number of rotatable bonds is 5. The Bertz CT molecular complexity index is 824. The van der Waals surface area contributed by atoms with Gasteiger partial charge in [0.2, 0.25) is 5.91 Å². The first-order valence-corrected chi connectivity index (χ1v) is 9.16. The summed E-state index contributed by atoms with van der Waals surface area (Å²) in [5, 5.41) is 9.62. The smallest absolute Gasteiger partial charge is 0.335 e. The second-order valence-electron chi connectivity index (χ2n) is 6.49. The van der Waals surface area contributed by atoms with E-state index in [9.17, 15) is 9.59 Å². The molecular weight excluding hydrogens is 364 g/mol. The number of hydrogen-bond donors (Lipinski definition) is 1. The van der Waals surface area contributed by atoms with Gasteiger partial charge >= 0.3 is 5.97 Å². The van der Waals surface area contributed by atoms with Crippen LogP contribution < -0.4 is 0 Å². The van der Waals surface area contributed by atoms with Crippen molar-refractivity contribution in [2.75, 3.05) is 26.2 Å². The first-order valence-electron chi connectivity index (χ1n) is 8.78. The molecule has 0 bridgehead atoms. The number of aromatic carboxylic acids is 1. The third-order valence-corrected chi connectivity index (χ3v) is 4.83. The van der Waals surface area contributed by atoms with Gasteiger partial charge in [0.25, 0.3) is 0 Å². The Labute approximate surface area is 163 Å². The lowest BCUT2D eigenvalue weighted by Gasteiger charge is -2.34. The maximum absolute atomic E-state index is 12.3. The Morgan fingerprint density at radius 1 is 0.963 bits per heavy atom. The van der Waals surface area contributed by atoms with Gasteiger partial charge in [0.1, 0.15) is 0 Å². The number of nitrogens with zero attached hydrogens (tertiary/aromatic N) is 2. The third kappa shape index (κ3) is 5.42. The van der Waals surface area contributed by atoms with Crippen LogP contribution in [0.25, 0.3) is 6.08 Å². The Morgan fingerprint density at radius 3 is 2.19 bits per heavy atom. The zero-order valence-electron chi connectivity index (χ0n) is 14.8. The van der Waals surface area contributed by atoms with Crippen LogP contribution in [0.3, 0.4) is 0 Å². The summed E-state index contributed by atoms with van der Waals surface area (Å²) in [6, 6.07) is 14.3. The Balaban J connectivity index is 1.48. The SMILES string of the molecule is O=C(O)c1ccc(CN2CCN(C(=O)/C=C/c3ccc(Cl)cc3)CC2)cc1. The molecular formula is C21H21ClN2O3. The summed E-state index contributed by atoms with van der Waals surface area (Å²) in [6.07, 6.45) is 3.40. The molecule has 0 aromatic heterocycles. The van der Waals surface area contributed by atoms with Crippen LogP contribution in [-0.2, 0) is 11.3 Å². The largest absolute Gasteiger partial charge is 0.478 e. The van der Waals surface area contributed by atoms with E-state index in [1.807, 2.05) is 29.2 Å². The lowest BCUT2D eigenvalue weighted by atomic mass is 10.1. The van der Waals surface area contributed by atoms with Crippen molar-refractivity contribution < 1.29 is 14.7 Å². The molecule has 1 N–H and O–H groups in total. The first-order chi connectivity index (χ1) is 13.0. The van der Waals surface area contributed by atoms with Crippen molar-refractivity contribution >= 4 is 29.6 Å². The van der Waals surface area contributed by atoms with Gasteiger partial charge in [0, 0.05) is 43.8 Å². The highest BCUT2D eigenvalue weighted by Crippen LogP contribution is 2.13. The summed E-state index contributed by atoms with van der Waals surface area (Å²) < 4.78 is 0. The maximum atomic E-state index is 12.3. The number of carbonyl (C=O) groups is 2. The van der Waals surface area contributed by atoms with Gasteiger partial charge in [0.15, 0.2) is 0 Å². The number of hydrogen-bond acceptors (Lipinski definition) is 3. The average Bonchev–Trinajstić information content (AvgIpc) is 2.68. The standard InChI is InChI=1S/C21H21ClN2O3/c22-19-8-3-16(4-9-19)5-10-20(25)24-13-11-23(12-14-24)15-17-1-6-18(7-2-17)21(26)27/h1-10H,11-15H2,(H,26,27)/b10-5+.